The van der Waals surface area contributed by atoms with E-state index >= 15 is 0 Å². The molecule has 1 saturated carbocycles. The van der Waals surface area contributed by atoms with Gasteiger partial charge in [-0.2, -0.15) is 0 Å². The molecule has 4 nitrogen and oxygen atoms in total. The van der Waals surface area contributed by atoms with Crippen molar-refractivity contribution in [2.75, 3.05) is 6.54 Å². The first kappa shape index (κ1) is 15.0. The molecule has 0 heterocycles. The van der Waals surface area contributed by atoms with Gasteiger partial charge < -0.3 is 5.32 Å². The van der Waals surface area contributed by atoms with E-state index in [1.54, 1.807) is 18.2 Å². The van der Waals surface area contributed by atoms with Gasteiger partial charge in [-0.1, -0.05) is 32.4 Å². The highest BCUT2D eigenvalue weighted by atomic mass is 16.6. The second-order valence-electron chi connectivity index (χ2n) is 5.93. The molecule has 0 spiro atoms. The van der Waals surface area contributed by atoms with Crippen molar-refractivity contribution in [2.45, 2.75) is 52.0 Å². The summed E-state index contributed by atoms with van der Waals surface area (Å²) < 4.78 is 0. The molecule has 0 radical (unpaired) electrons. The van der Waals surface area contributed by atoms with Crippen LogP contribution in [0.3, 0.4) is 0 Å². The Hall–Kier alpha value is -1.42. The fourth-order valence-corrected chi connectivity index (χ4v) is 2.70. The van der Waals surface area contributed by atoms with E-state index in [0.29, 0.717) is 5.41 Å². The predicted molar refractivity (Wildman–Crippen MR) is 80.7 cm³/mol. The topological polar surface area (TPSA) is 55.2 Å². The minimum atomic E-state index is -0.319. The van der Waals surface area contributed by atoms with Gasteiger partial charge in [0.05, 0.1) is 4.92 Å². The van der Waals surface area contributed by atoms with Crippen molar-refractivity contribution < 1.29 is 4.92 Å². The molecule has 1 aromatic carbocycles. The van der Waals surface area contributed by atoms with E-state index in [1.807, 2.05) is 6.07 Å². The van der Waals surface area contributed by atoms with E-state index in [4.69, 9.17) is 0 Å². The molecule has 0 saturated heterocycles. The first-order valence-electron chi connectivity index (χ1n) is 7.58. The molecule has 1 N–H and O–H groups in total. The number of benzene rings is 1. The van der Waals surface area contributed by atoms with Gasteiger partial charge in [0.1, 0.15) is 0 Å². The molecule has 0 amide bonds. The number of hydrogen-bond donors (Lipinski definition) is 1. The molecule has 0 bridgehead atoms. The Bertz CT molecular complexity index is 469. The van der Waals surface area contributed by atoms with Crippen molar-refractivity contribution in [1.82, 2.24) is 5.32 Å². The summed E-state index contributed by atoms with van der Waals surface area (Å²) in [6.45, 7) is 5.42. The Morgan fingerprint density at radius 1 is 1.40 bits per heavy atom. The van der Waals surface area contributed by atoms with Crippen LogP contribution in [0, 0.1) is 15.5 Å². The van der Waals surface area contributed by atoms with Crippen molar-refractivity contribution in [3.8, 4) is 0 Å². The molecular weight excluding hydrogens is 252 g/mol. The van der Waals surface area contributed by atoms with Crippen LogP contribution in [0.5, 0.6) is 0 Å². The van der Waals surface area contributed by atoms with E-state index in [-0.39, 0.29) is 16.7 Å². The van der Waals surface area contributed by atoms with Crippen LogP contribution in [0.15, 0.2) is 24.3 Å². The van der Waals surface area contributed by atoms with Crippen LogP contribution >= 0.6 is 0 Å². The van der Waals surface area contributed by atoms with Gasteiger partial charge in [-0.15, -0.1) is 0 Å². The monoisotopic (exact) mass is 276 g/mol. The summed E-state index contributed by atoms with van der Waals surface area (Å²) in [5.74, 6) is 0. The highest BCUT2D eigenvalue weighted by molar-refractivity contribution is 5.35. The lowest BCUT2D eigenvalue weighted by molar-refractivity contribution is -0.384. The predicted octanol–water partition coefficient (Wildman–Crippen LogP) is 4.22. The Morgan fingerprint density at radius 2 is 2.15 bits per heavy atom. The van der Waals surface area contributed by atoms with E-state index in [2.05, 4.69) is 19.2 Å². The zero-order valence-electron chi connectivity index (χ0n) is 12.4. The smallest absolute Gasteiger partial charge is 0.269 e. The standard InChI is InChI=1S/C16H24N2O2/c1-3-6-15(17-12-16(4-2)9-10-16)13-7-5-8-14(11-13)18(19)20/h5,7-8,11,15,17H,3-4,6,9-10,12H2,1-2H3. The first-order valence-corrected chi connectivity index (χ1v) is 7.58. The van der Waals surface area contributed by atoms with Crippen LogP contribution in [0.25, 0.3) is 0 Å². The van der Waals surface area contributed by atoms with E-state index in [0.717, 1.165) is 24.9 Å². The third-order valence-electron chi connectivity index (χ3n) is 4.49. The number of nitro benzene ring substituents is 1. The van der Waals surface area contributed by atoms with Gasteiger partial charge in [-0.25, -0.2) is 0 Å². The first-order chi connectivity index (χ1) is 9.60. The van der Waals surface area contributed by atoms with Crippen molar-refractivity contribution >= 4 is 5.69 Å². The van der Waals surface area contributed by atoms with Gasteiger partial charge in [-0.3, -0.25) is 10.1 Å². The average molecular weight is 276 g/mol. The van der Waals surface area contributed by atoms with Gasteiger partial charge in [-0.05, 0) is 36.7 Å². The van der Waals surface area contributed by atoms with Crippen LogP contribution in [0.4, 0.5) is 5.69 Å². The normalized spacial score (nSPS) is 17.7. The van der Waals surface area contributed by atoms with Gasteiger partial charge in [0.15, 0.2) is 0 Å². The lowest BCUT2D eigenvalue weighted by Crippen LogP contribution is -2.28. The summed E-state index contributed by atoms with van der Waals surface area (Å²) >= 11 is 0. The molecule has 110 valence electrons. The fourth-order valence-electron chi connectivity index (χ4n) is 2.70. The molecule has 1 aliphatic rings. The SMILES string of the molecule is CCCC(NCC1(CC)CC1)c1cccc([N+](=O)[O-])c1. The lowest BCUT2D eigenvalue weighted by Gasteiger charge is -2.22. The molecule has 1 unspecified atom stereocenters. The number of non-ortho nitro benzene ring substituents is 1. The van der Waals surface area contributed by atoms with Crippen LogP contribution in [0.1, 0.15) is 57.6 Å². The zero-order valence-corrected chi connectivity index (χ0v) is 12.4. The van der Waals surface area contributed by atoms with E-state index in [1.165, 1.54) is 19.3 Å². The summed E-state index contributed by atoms with van der Waals surface area (Å²) in [5, 5.41) is 14.5. The molecule has 20 heavy (non-hydrogen) atoms. The second-order valence-corrected chi connectivity index (χ2v) is 5.93. The molecule has 1 aliphatic carbocycles. The number of nitrogens with one attached hydrogen (secondary N) is 1. The Balaban J connectivity index is 2.07. The lowest BCUT2D eigenvalue weighted by atomic mass is 9.99. The number of hydrogen-bond acceptors (Lipinski definition) is 3. The van der Waals surface area contributed by atoms with Crippen LogP contribution in [0.2, 0.25) is 0 Å². The van der Waals surface area contributed by atoms with Crippen molar-refractivity contribution in [1.29, 1.82) is 0 Å². The van der Waals surface area contributed by atoms with Crippen molar-refractivity contribution in [3.05, 3.63) is 39.9 Å². The summed E-state index contributed by atoms with van der Waals surface area (Å²) in [5.41, 5.74) is 1.71. The minimum Gasteiger partial charge on any atom is -0.309 e. The maximum atomic E-state index is 10.9. The van der Waals surface area contributed by atoms with Gasteiger partial charge in [0.25, 0.3) is 5.69 Å². The molecule has 0 aliphatic heterocycles. The fraction of sp³-hybridized carbons (Fsp3) is 0.625. The largest absolute Gasteiger partial charge is 0.309 e. The molecule has 1 fully saturated rings. The number of nitro groups is 1. The summed E-state index contributed by atoms with van der Waals surface area (Å²) in [6.07, 6.45) is 5.92. The maximum absolute atomic E-state index is 10.9. The summed E-state index contributed by atoms with van der Waals surface area (Å²) in [7, 11) is 0. The molecular formula is C16H24N2O2. The van der Waals surface area contributed by atoms with Gasteiger partial charge >= 0.3 is 0 Å². The van der Waals surface area contributed by atoms with E-state index < -0.39 is 0 Å². The second kappa shape index (κ2) is 6.35. The van der Waals surface area contributed by atoms with Crippen LogP contribution < -0.4 is 5.32 Å². The van der Waals surface area contributed by atoms with Crippen molar-refractivity contribution in [3.63, 3.8) is 0 Å². The quantitative estimate of drug-likeness (QED) is 0.571. The Labute approximate surface area is 120 Å². The highest BCUT2D eigenvalue weighted by Gasteiger charge is 2.40. The summed E-state index contributed by atoms with van der Waals surface area (Å²) in [6, 6.07) is 7.26. The molecule has 1 aromatic rings. The van der Waals surface area contributed by atoms with E-state index in [9.17, 15) is 10.1 Å². The molecule has 4 heteroatoms. The highest BCUT2D eigenvalue weighted by Crippen LogP contribution is 2.48. The van der Waals surface area contributed by atoms with Gasteiger partial charge in [0, 0.05) is 24.7 Å². The maximum Gasteiger partial charge on any atom is 0.269 e. The van der Waals surface area contributed by atoms with Crippen LogP contribution in [-0.4, -0.2) is 11.5 Å². The Morgan fingerprint density at radius 3 is 2.70 bits per heavy atom. The molecule has 0 aromatic heterocycles. The minimum absolute atomic E-state index is 0.182. The number of nitrogens with zero attached hydrogens (tertiary/aromatic N) is 1. The molecule has 1 atom stereocenters. The Kier molecular flexibility index (Phi) is 4.76. The summed E-state index contributed by atoms with van der Waals surface area (Å²) in [4.78, 5) is 10.6. The zero-order chi connectivity index (χ0) is 14.6. The number of rotatable bonds is 8. The van der Waals surface area contributed by atoms with Gasteiger partial charge in [0.2, 0.25) is 0 Å². The third kappa shape index (κ3) is 3.57. The van der Waals surface area contributed by atoms with Crippen LogP contribution in [-0.2, 0) is 0 Å². The van der Waals surface area contributed by atoms with Crippen molar-refractivity contribution in [2.24, 2.45) is 5.41 Å². The third-order valence-corrected chi connectivity index (χ3v) is 4.49. The average Bonchev–Trinajstić information content (AvgIpc) is 3.24. The molecule has 2 rings (SSSR count).